The number of halogens is 3. The van der Waals surface area contributed by atoms with E-state index in [0.717, 1.165) is 25.9 Å². The van der Waals surface area contributed by atoms with Crippen LogP contribution >= 0.6 is 0 Å². The number of nitrogens with one attached hydrogen (secondary N) is 1. The molecule has 2 saturated heterocycles. The van der Waals surface area contributed by atoms with Crippen molar-refractivity contribution in [1.82, 2.24) is 10.2 Å². The fraction of sp³-hybridized carbons (Fsp3) is 1.00. The lowest BCUT2D eigenvalue weighted by atomic mass is 10.0. The molecular weight excluding hydrogens is 245 g/mol. The zero-order chi connectivity index (χ0) is 13.0. The van der Waals surface area contributed by atoms with E-state index in [0.29, 0.717) is 18.6 Å². The summed E-state index contributed by atoms with van der Waals surface area (Å²) >= 11 is 0. The Morgan fingerprint density at radius 1 is 1.22 bits per heavy atom. The van der Waals surface area contributed by atoms with Gasteiger partial charge in [-0.1, -0.05) is 0 Å². The molecular formula is C12H21F3N2O. The fourth-order valence-electron chi connectivity index (χ4n) is 2.99. The van der Waals surface area contributed by atoms with Crippen LogP contribution in [0, 0.1) is 0 Å². The number of ether oxygens (including phenoxy) is 1. The summed E-state index contributed by atoms with van der Waals surface area (Å²) in [7, 11) is 0. The first kappa shape index (κ1) is 14.1. The van der Waals surface area contributed by atoms with Crippen LogP contribution in [-0.4, -0.2) is 56.0 Å². The van der Waals surface area contributed by atoms with E-state index in [-0.39, 0.29) is 6.61 Å². The van der Waals surface area contributed by atoms with Crippen LogP contribution in [-0.2, 0) is 4.74 Å². The highest BCUT2D eigenvalue weighted by Gasteiger charge is 2.33. The second-order valence-corrected chi connectivity index (χ2v) is 5.12. The van der Waals surface area contributed by atoms with Crippen LogP contribution in [0.1, 0.15) is 25.7 Å². The Hall–Kier alpha value is -0.330. The van der Waals surface area contributed by atoms with Crippen molar-refractivity contribution in [3.63, 3.8) is 0 Å². The largest absolute Gasteiger partial charge is 0.411 e. The zero-order valence-electron chi connectivity index (χ0n) is 10.5. The molecule has 0 radical (unpaired) electrons. The Kier molecular flexibility index (Phi) is 4.86. The maximum atomic E-state index is 11.9. The number of hydrogen-bond donors (Lipinski definition) is 1. The van der Waals surface area contributed by atoms with Crippen LogP contribution in [0.2, 0.25) is 0 Å². The summed E-state index contributed by atoms with van der Waals surface area (Å²) in [4.78, 5) is 2.28. The molecule has 2 fully saturated rings. The highest BCUT2D eigenvalue weighted by Crippen LogP contribution is 2.24. The normalized spacial score (nSPS) is 30.2. The minimum Gasteiger partial charge on any atom is -0.371 e. The molecule has 0 aliphatic carbocycles. The molecule has 6 heteroatoms. The Morgan fingerprint density at radius 3 is 2.72 bits per heavy atom. The molecule has 3 nitrogen and oxygen atoms in total. The molecule has 0 bridgehead atoms. The number of nitrogens with zero attached hydrogens (tertiary/aromatic N) is 1. The lowest BCUT2D eigenvalue weighted by molar-refractivity contribution is -0.174. The standard InChI is InChI=1S/C12H21F3N2O/c13-12(14,15)9-18-8-7-17-6-2-4-11(17)10-3-1-5-16-10/h10-11,16H,1-9H2. The van der Waals surface area contributed by atoms with Gasteiger partial charge >= 0.3 is 6.18 Å². The Labute approximate surface area is 106 Å². The van der Waals surface area contributed by atoms with Crippen molar-refractivity contribution in [3.05, 3.63) is 0 Å². The molecule has 2 aliphatic heterocycles. The summed E-state index contributed by atoms with van der Waals surface area (Å²) in [6.07, 6.45) is 0.473. The Balaban J connectivity index is 1.68. The Bertz CT molecular complexity index is 254. The zero-order valence-corrected chi connectivity index (χ0v) is 10.5. The molecule has 0 saturated carbocycles. The minimum absolute atomic E-state index is 0.169. The molecule has 0 aromatic carbocycles. The van der Waals surface area contributed by atoms with Crippen LogP contribution in [0.15, 0.2) is 0 Å². The average Bonchev–Trinajstić information content (AvgIpc) is 2.93. The van der Waals surface area contributed by atoms with Gasteiger partial charge in [0.15, 0.2) is 0 Å². The summed E-state index contributed by atoms with van der Waals surface area (Å²) in [6, 6.07) is 1.01. The predicted octanol–water partition coefficient (Wildman–Crippen LogP) is 1.78. The van der Waals surface area contributed by atoms with Gasteiger partial charge in [-0.2, -0.15) is 13.2 Å². The van der Waals surface area contributed by atoms with Crippen LogP contribution < -0.4 is 5.32 Å². The van der Waals surface area contributed by atoms with Gasteiger partial charge in [0.25, 0.3) is 0 Å². The average molecular weight is 266 g/mol. The number of rotatable bonds is 5. The van der Waals surface area contributed by atoms with E-state index in [1.54, 1.807) is 0 Å². The lowest BCUT2D eigenvalue weighted by Crippen LogP contribution is -2.45. The van der Waals surface area contributed by atoms with Crippen molar-refractivity contribution >= 4 is 0 Å². The van der Waals surface area contributed by atoms with Crippen LogP contribution in [0.5, 0.6) is 0 Å². The first-order valence-electron chi connectivity index (χ1n) is 6.68. The van der Waals surface area contributed by atoms with E-state index < -0.39 is 12.8 Å². The molecule has 106 valence electrons. The molecule has 2 atom stereocenters. The van der Waals surface area contributed by atoms with E-state index >= 15 is 0 Å². The van der Waals surface area contributed by atoms with Gasteiger partial charge in [-0.3, -0.25) is 4.90 Å². The van der Waals surface area contributed by atoms with Crippen molar-refractivity contribution in [2.24, 2.45) is 0 Å². The molecule has 2 aliphatic rings. The van der Waals surface area contributed by atoms with Gasteiger partial charge in [0.1, 0.15) is 6.61 Å². The summed E-state index contributed by atoms with van der Waals surface area (Å²) in [6.45, 7) is 1.70. The number of hydrogen-bond acceptors (Lipinski definition) is 3. The second kappa shape index (κ2) is 6.21. The van der Waals surface area contributed by atoms with Crippen molar-refractivity contribution in [3.8, 4) is 0 Å². The van der Waals surface area contributed by atoms with Gasteiger partial charge in [0, 0.05) is 18.6 Å². The highest BCUT2D eigenvalue weighted by atomic mass is 19.4. The molecule has 1 N–H and O–H groups in total. The molecule has 0 amide bonds. The molecule has 2 heterocycles. The molecule has 2 rings (SSSR count). The van der Waals surface area contributed by atoms with Gasteiger partial charge in [-0.15, -0.1) is 0 Å². The van der Waals surface area contributed by atoms with Gasteiger partial charge in [0.05, 0.1) is 6.61 Å². The lowest BCUT2D eigenvalue weighted by Gasteiger charge is -2.29. The summed E-state index contributed by atoms with van der Waals surface area (Å²) in [5.41, 5.74) is 0. The first-order chi connectivity index (χ1) is 8.56. The van der Waals surface area contributed by atoms with E-state index in [9.17, 15) is 13.2 Å². The van der Waals surface area contributed by atoms with E-state index in [1.165, 1.54) is 12.8 Å². The quantitative estimate of drug-likeness (QED) is 0.768. The predicted molar refractivity (Wildman–Crippen MR) is 62.5 cm³/mol. The topological polar surface area (TPSA) is 24.5 Å². The fourth-order valence-corrected chi connectivity index (χ4v) is 2.99. The van der Waals surface area contributed by atoms with E-state index in [4.69, 9.17) is 0 Å². The SMILES string of the molecule is FC(F)(F)COCCN1CCCC1C1CCCN1. The number of likely N-dealkylation sites (tertiary alicyclic amines) is 1. The maximum absolute atomic E-state index is 11.9. The van der Waals surface area contributed by atoms with Gasteiger partial charge in [0.2, 0.25) is 0 Å². The van der Waals surface area contributed by atoms with Gasteiger partial charge in [-0.05, 0) is 38.8 Å². The smallest absolute Gasteiger partial charge is 0.371 e. The number of alkyl halides is 3. The maximum Gasteiger partial charge on any atom is 0.411 e. The highest BCUT2D eigenvalue weighted by molar-refractivity contribution is 4.91. The molecule has 2 unspecified atom stereocenters. The summed E-state index contributed by atoms with van der Waals surface area (Å²) < 4.78 is 40.5. The van der Waals surface area contributed by atoms with Crippen LogP contribution in [0.3, 0.4) is 0 Å². The molecule has 18 heavy (non-hydrogen) atoms. The monoisotopic (exact) mass is 266 g/mol. The van der Waals surface area contributed by atoms with Gasteiger partial charge < -0.3 is 10.1 Å². The van der Waals surface area contributed by atoms with Gasteiger partial charge in [-0.25, -0.2) is 0 Å². The molecule has 0 aromatic heterocycles. The van der Waals surface area contributed by atoms with E-state index in [1.807, 2.05) is 0 Å². The van der Waals surface area contributed by atoms with Crippen LogP contribution in [0.25, 0.3) is 0 Å². The minimum atomic E-state index is -4.21. The third kappa shape index (κ3) is 4.10. The van der Waals surface area contributed by atoms with Crippen LogP contribution in [0.4, 0.5) is 13.2 Å². The molecule has 0 spiro atoms. The van der Waals surface area contributed by atoms with Crippen molar-refractivity contribution in [2.45, 2.75) is 43.9 Å². The first-order valence-corrected chi connectivity index (χ1v) is 6.68. The van der Waals surface area contributed by atoms with Crippen molar-refractivity contribution in [2.75, 3.05) is 32.8 Å². The van der Waals surface area contributed by atoms with Crippen molar-refractivity contribution < 1.29 is 17.9 Å². The molecule has 0 aromatic rings. The Morgan fingerprint density at radius 2 is 2.06 bits per heavy atom. The third-order valence-corrected chi connectivity index (χ3v) is 3.77. The second-order valence-electron chi connectivity index (χ2n) is 5.12. The third-order valence-electron chi connectivity index (χ3n) is 3.77. The summed E-state index contributed by atoms with van der Waals surface area (Å²) in [5, 5.41) is 3.48. The van der Waals surface area contributed by atoms with E-state index in [2.05, 4.69) is 15.0 Å². The van der Waals surface area contributed by atoms with Crippen molar-refractivity contribution in [1.29, 1.82) is 0 Å². The summed E-state index contributed by atoms with van der Waals surface area (Å²) in [5.74, 6) is 0.